The van der Waals surface area contributed by atoms with Gasteiger partial charge in [-0.3, -0.25) is 0 Å². The fraction of sp³-hybridized carbons (Fsp3) is 1.00. The second-order valence-electron chi connectivity index (χ2n) is 5.10. The lowest BCUT2D eigenvalue weighted by molar-refractivity contribution is 0.159. The molecule has 1 aliphatic heterocycles. The summed E-state index contributed by atoms with van der Waals surface area (Å²) in [5, 5.41) is 9.04. The topological polar surface area (TPSA) is 57.6 Å². The summed E-state index contributed by atoms with van der Waals surface area (Å²) >= 11 is 0. The smallest absolute Gasteiger partial charge is 0.214 e. The molecule has 16 heavy (non-hydrogen) atoms. The van der Waals surface area contributed by atoms with Crippen LogP contribution in [0, 0.1) is 11.8 Å². The summed E-state index contributed by atoms with van der Waals surface area (Å²) in [6.45, 7) is 1.71. The van der Waals surface area contributed by atoms with Crippen molar-refractivity contribution in [2.24, 2.45) is 11.8 Å². The molecular weight excluding hydrogens is 226 g/mol. The number of hydrogen-bond acceptors (Lipinski definition) is 3. The maximum absolute atomic E-state index is 11.6. The van der Waals surface area contributed by atoms with Gasteiger partial charge in [0.15, 0.2) is 0 Å². The van der Waals surface area contributed by atoms with Gasteiger partial charge in [0.25, 0.3) is 0 Å². The quantitative estimate of drug-likeness (QED) is 0.803. The lowest BCUT2D eigenvalue weighted by atomic mass is 9.82. The van der Waals surface area contributed by atoms with E-state index in [2.05, 4.69) is 0 Å². The molecule has 0 atom stereocenters. The molecule has 0 spiro atoms. The number of hydrogen-bond donors (Lipinski definition) is 1. The van der Waals surface area contributed by atoms with Crippen LogP contribution in [0.3, 0.4) is 0 Å². The number of rotatable bonds is 3. The van der Waals surface area contributed by atoms with Crippen LogP contribution in [0.4, 0.5) is 0 Å². The van der Waals surface area contributed by atoms with Crippen molar-refractivity contribution < 1.29 is 13.5 Å². The highest BCUT2D eigenvalue weighted by atomic mass is 32.2. The van der Waals surface area contributed by atoms with Gasteiger partial charge in [-0.1, -0.05) is 0 Å². The number of aliphatic hydroxyl groups excluding tert-OH is 1. The molecule has 0 bridgehead atoms. The Kier molecular flexibility index (Phi) is 3.87. The van der Waals surface area contributed by atoms with Gasteiger partial charge < -0.3 is 5.11 Å². The van der Waals surface area contributed by atoms with Gasteiger partial charge in [-0.25, -0.2) is 12.7 Å². The Labute approximate surface area is 97.7 Å². The SMILES string of the molecule is O=S1(=O)CCCN1C[C@H]1CC[C@H](CO)CC1. The highest BCUT2D eigenvalue weighted by Crippen LogP contribution is 2.30. The first-order valence-corrected chi connectivity index (χ1v) is 7.81. The van der Waals surface area contributed by atoms with Gasteiger partial charge >= 0.3 is 0 Å². The van der Waals surface area contributed by atoms with Gasteiger partial charge in [-0.15, -0.1) is 0 Å². The molecule has 1 heterocycles. The Hall–Kier alpha value is -0.130. The lowest BCUT2D eigenvalue weighted by Gasteiger charge is -2.29. The maximum Gasteiger partial charge on any atom is 0.214 e. The molecule has 0 amide bonds. The van der Waals surface area contributed by atoms with Crippen molar-refractivity contribution in [2.75, 3.05) is 25.4 Å². The van der Waals surface area contributed by atoms with E-state index in [1.54, 1.807) is 4.31 Å². The van der Waals surface area contributed by atoms with Crippen molar-refractivity contribution in [3.8, 4) is 0 Å². The van der Waals surface area contributed by atoms with Crippen molar-refractivity contribution in [3.05, 3.63) is 0 Å². The van der Waals surface area contributed by atoms with E-state index in [1.165, 1.54) is 0 Å². The summed E-state index contributed by atoms with van der Waals surface area (Å²) in [4.78, 5) is 0. The van der Waals surface area contributed by atoms with Crippen LogP contribution < -0.4 is 0 Å². The summed E-state index contributed by atoms with van der Waals surface area (Å²) in [5.41, 5.74) is 0. The predicted octanol–water partition coefficient (Wildman–Crippen LogP) is 0.821. The lowest BCUT2D eigenvalue weighted by Crippen LogP contribution is -2.33. The summed E-state index contributed by atoms with van der Waals surface area (Å²) < 4.78 is 24.9. The molecule has 2 fully saturated rings. The molecule has 5 heteroatoms. The van der Waals surface area contributed by atoms with Crippen LogP contribution in [0.25, 0.3) is 0 Å². The molecular formula is C11H21NO3S. The van der Waals surface area contributed by atoms with Crippen LogP contribution in [0.5, 0.6) is 0 Å². The monoisotopic (exact) mass is 247 g/mol. The van der Waals surface area contributed by atoms with Gasteiger partial charge in [0.2, 0.25) is 10.0 Å². The van der Waals surface area contributed by atoms with E-state index in [0.29, 0.717) is 30.7 Å². The Morgan fingerprint density at radius 3 is 2.25 bits per heavy atom. The van der Waals surface area contributed by atoms with Gasteiger partial charge in [-0.2, -0.15) is 0 Å². The fourth-order valence-corrected chi connectivity index (χ4v) is 4.38. The fourth-order valence-electron chi connectivity index (χ4n) is 2.78. The van der Waals surface area contributed by atoms with Crippen LogP contribution in [0.1, 0.15) is 32.1 Å². The minimum Gasteiger partial charge on any atom is -0.396 e. The summed E-state index contributed by atoms with van der Waals surface area (Å²) in [7, 11) is -2.92. The van der Waals surface area contributed by atoms with E-state index in [0.717, 1.165) is 32.1 Å². The number of aliphatic hydroxyl groups is 1. The molecule has 0 aromatic carbocycles. The molecule has 0 aromatic rings. The van der Waals surface area contributed by atoms with Crippen LogP contribution in [0.2, 0.25) is 0 Å². The Balaban J connectivity index is 1.83. The van der Waals surface area contributed by atoms with Gasteiger partial charge in [0.05, 0.1) is 5.75 Å². The molecule has 94 valence electrons. The normalized spacial score (nSPS) is 35.3. The summed E-state index contributed by atoms with van der Waals surface area (Å²) in [5.74, 6) is 1.29. The van der Waals surface area contributed by atoms with Crippen LogP contribution in [0.15, 0.2) is 0 Å². The molecule has 4 nitrogen and oxygen atoms in total. The Morgan fingerprint density at radius 1 is 1.12 bits per heavy atom. The van der Waals surface area contributed by atoms with Crippen molar-refractivity contribution in [2.45, 2.75) is 32.1 Å². The summed E-state index contributed by atoms with van der Waals surface area (Å²) in [6.07, 6.45) is 5.02. The number of nitrogens with zero attached hydrogens (tertiary/aromatic N) is 1. The molecule has 1 aliphatic carbocycles. The molecule has 1 N–H and O–H groups in total. The van der Waals surface area contributed by atoms with E-state index in [-0.39, 0.29) is 6.61 Å². The third kappa shape index (κ3) is 2.76. The zero-order valence-electron chi connectivity index (χ0n) is 9.64. The first-order valence-electron chi connectivity index (χ1n) is 6.20. The zero-order chi connectivity index (χ0) is 11.6. The Morgan fingerprint density at radius 2 is 1.75 bits per heavy atom. The van der Waals surface area contributed by atoms with E-state index < -0.39 is 10.0 Å². The minimum atomic E-state index is -2.92. The van der Waals surface area contributed by atoms with E-state index >= 15 is 0 Å². The van der Waals surface area contributed by atoms with Crippen molar-refractivity contribution in [1.82, 2.24) is 4.31 Å². The highest BCUT2D eigenvalue weighted by Gasteiger charge is 2.31. The van der Waals surface area contributed by atoms with Crippen molar-refractivity contribution in [1.29, 1.82) is 0 Å². The van der Waals surface area contributed by atoms with E-state index in [1.807, 2.05) is 0 Å². The molecule has 0 radical (unpaired) electrons. The average molecular weight is 247 g/mol. The first-order chi connectivity index (χ1) is 7.62. The second kappa shape index (κ2) is 5.02. The molecule has 2 rings (SSSR count). The predicted molar refractivity (Wildman–Crippen MR) is 62.5 cm³/mol. The standard InChI is InChI=1S/C11H21NO3S/c13-9-11-4-2-10(3-5-11)8-12-6-1-7-16(12,14)15/h10-11,13H,1-9H2/t10-,11-. The average Bonchev–Trinajstić information content (AvgIpc) is 2.59. The minimum absolute atomic E-state index is 0.286. The molecule has 0 unspecified atom stereocenters. The van der Waals surface area contributed by atoms with Crippen molar-refractivity contribution >= 4 is 10.0 Å². The molecule has 1 saturated carbocycles. The third-order valence-electron chi connectivity index (χ3n) is 3.89. The summed E-state index contributed by atoms with van der Waals surface area (Å²) in [6, 6.07) is 0. The molecule has 0 aromatic heterocycles. The first kappa shape index (κ1) is 12.3. The largest absolute Gasteiger partial charge is 0.396 e. The van der Waals surface area contributed by atoms with Crippen molar-refractivity contribution in [3.63, 3.8) is 0 Å². The second-order valence-corrected chi connectivity index (χ2v) is 7.19. The zero-order valence-corrected chi connectivity index (χ0v) is 10.5. The van der Waals surface area contributed by atoms with Gasteiger partial charge in [0, 0.05) is 19.7 Å². The highest BCUT2D eigenvalue weighted by molar-refractivity contribution is 7.89. The van der Waals surface area contributed by atoms with E-state index in [4.69, 9.17) is 5.11 Å². The van der Waals surface area contributed by atoms with Gasteiger partial charge in [0.1, 0.15) is 0 Å². The molecule has 2 aliphatic rings. The van der Waals surface area contributed by atoms with E-state index in [9.17, 15) is 8.42 Å². The Bertz CT molecular complexity index is 320. The molecule has 1 saturated heterocycles. The van der Waals surface area contributed by atoms with Gasteiger partial charge in [-0.05, 0) is 43.9 Å². The number of sulfonamides is 1. The van der Waals surface area contributed by atoms with Crippen LogP contribution in [-0.4, -0.2) is 43.3 Å². The maximum atomic E-state index is 11.6. The van der Waals surface area contributed by atoms with Crippen LogP contribution in [-0.2, 0) is 10.0 Å². The third-order valence-corrected chi connectivity index (χ3v) is 5.81. The van der Waals surface area contributed by atoms with Crippen LogP contribution >= 0.6 is 0 Å².